The van der Waals surface area contributed by atoms with Gasteiger partial charge < -0.3 is 10.2 Å². The molecule has 4 nitrogen and oxygen atoms in total. The number of halogens is 1. The number of benzene rings is 1. The Morgan fingerprint density at radius 1 is 1.26 bits per heavy atom. The third-order valence-corrected chi connectivity index (χ3v) is 4.27. The van der Waals surface area contributed by atoms with E-state index < -0.39 is 0 Å². The number of hydrogen-bond donors (Lipinski definition) is 1. The van der Waals surface area contributed by atoms with Crippen molar-refractivity contribution in [1.29, 1.82) is 0 Å². The summed E-state index contributed by atoms with van der Waals surface area (Å²) in [6.07, 6.45) is 4.15. The molecule has 1 aliphatic rings. The summed E-state index contributed by atoms with van der Waals surface area (Å²) >= 11 is 0. The van der Waals surface area contributed by atoms with E-state index in [4.69, 9.17) is 0 Å². The standard InChI is InChI=1S/C18H25FN2O2/c1-2-3-8-18(23)21-11-9-15(10-12-21)20-17(22)13-14-6-4-5-7-16(14)19/h4-7,15H,2-3,8-13H2,1H3,(H,20,22). The van der Waals surface area contributed by atoms with Crippen LogP contribution in [0.3, 0.4) is 0 Å². The predicted octanol–water partition coefficient (Wildman–Crippen LogP) is 2.67. The van der Waals surface area contributed by atoms with Gasteiger partial charge in [-0.15, -0.1) is 0 Å². The summed E-state index contributed by atoms with van der Waals surface area (Å²) in [6, 6.07) is 6.41. The molecule has 0 unspecified atom stereocenters. The average Bonchev–Trinajstić information content (AvgIpc) is 2.55. The van der Waals surface area contributed by atoms with E-state index in [0.717, 1.165) is 25.7 Å². The fourth-order valence-electron chi connectivity index (χ4n) is 2.85. The Balaban J connectivity index is 1.74. The maximum Gasteiger partial charge on any atom is 0.224 e. The van der Waals surface area contributed by atoms with E-state index in [1.54, 1.807) is 18.2 Å². The lowest BCUT2D eigenvalue weighted by atomic mass is 10.0. The molecule has 5 heteroatoms. The van der Waals surface area contributed by atoms with Crippen molar-refractivity contribution in [2.75, 3.05) is 13.1 Å². The summed E-state index contributed by atoms with van der Waals surface area (Å²) in [7, 11) is 0. The Morgan fingerprint density at radius 3 is 2.61 bits per heavy atom. The molecule has 126 valence electrons. The summed E-state index contributed by atoms with van der Waals surface area (Å²) in [4.78, 5) is 25.9. The molecule has 0 saturated carbocycles. The first-order valence-corrected chi connectivity index (χ1v) is 8.40. The fourth-order valence-corrected chi connectivity index (χ4v) is 2.85. The Morgan fingerprint density at radius 2 is 1.96 bits per heavy atom. The number of amides is 2. The fraction of sp³-hybridized carbons (Fsp3) is 0.556. The predicted molar refractivity (Wildman–Crippen MR) is 87.4 cm³/mol. The van der Waals surface area contributed by atoms with Crippen molar-refractivity contribution >= 4 is 11.8 Å². The summed E-state index contributed by atoms with van der Waals surface area (Å²) in [6.45, 7) is 3.45. The third-order valence-electron chi connectivity index (χ3n) is 4.27. The first-order valence-electron chi connectivity index (χ1n) is 8.40. The molecule has 1 saturated heterocycles. The van der Waals surface area contributed by atoms with Crippen LogP contribution in [0.2, 0.25) is 0 Å². The van der Waals surface area contributed by atoms with Gasteiger partial charge >= 0.3 is 0 Å². The normalized spacial score (nSPS) is 15.5. The number of hydrogen-bond acceptors (Lipinski definition) is 2. The van der Waals surface area contributed by atoms with Crippen molar-refractivity contribution in [3.63, 3.8) is 0 Å². The lowest BCUT2D eigenvalue weighted by Crippen LogP contribution is -2.46. The summed E-state index contributed by atoms with van der Waals surface area (Å²) in [5.41, 5.74) is 0.414. The van der Waals surface area contributed by atoms with Crippen molar-refractivity contribution in [2.24, 2.45) is 0 Å². The molecule has 1 aromatic carbocycles. The van der Waals surface area contributed by atoms with E-state index in [1.165, 1.54) is 6.07 Å². The first-order chi connectivity index (χ1) is 11.1. The van der Waals surface area contributed by atoms with Crippen LogP contribution in [0.5, 0.6) is 0 Å². The average molecular weight is 320 g/mol. The molecule has 1 heterocycles. The Bertz CT molecular complexity index is 540. The minimum absolute atomic E-state index is 0.0579. The van der Waals surface area contributed by atoms with Gasteiger partial charge in [0.25, 0.3) is 0 Å². The quantitative estimate of drug-likeness (QED) is 0.876. The van der Waals surface area contributed by atoms with E-state index in [9.17, 15) is 14.0 Å². The van der Waals surface area contributed by atoms with Gasteiger partial charge in [-0.1, -0.05) is 31.5 Å². The monoisotopic (exact) mass is 320 g/mol. The van der Waals surface area contributed by atoms with Crippen LogP contribution in [0.25, 0.3) is 0 Å². The molecule has 0 aromatic heterocycles. The molecule has 0 atom stereocenters. The molecule has 23 heavy (non-hydrogen) atoms. The largest absolute Gasteiger partial charge is 0.353 e. The van der Waals surface area contributed by atoms with Gasteiger partial charge in [-0.2, -0.15) is 0 Å². The number of carbonyl (C=O) groups is 2. The Kier molecular flexibility index (Phi) is 6.56. The molecular weight excluding hydrogens is 295 g/mol. The highest BCUT2D eigenvalue weighted by molar-refractivity contribution is 5.79. The molecular formula is C18H25FN2O2. The molecule has 1 N–H and O–H groups in total. The van der Waals surface area contributed by atoms with E-state index in [1.807, 2.05) is 4.90 Å². The summed E-state index contributed by atoms with van der Waals surface area (Å²) in [5, 5.41) is 2.95. The third kappa shape index (κ3) is 5.34. The van der Waals surface area contributed by atoms with Crippen molar-refractivity contribution in [3.8, 4) is 0 Å². The number of likely N-dealkylation sites (tertiary alicyclic amines) is 1. The molecule has 0 spiro atoms. The second-order valence-electron chi connectivity index (χ2n) is 6.09. The van der Waals surface area contributed by atoms with Gasteiger partial charge in [-0.05, 0) is 30.9 Å². The number of nitrogens with zero attached hydrogens (tertiary/aromatic N) is 1. The number of rotatable bonds is 6. The zero-order valence-electron chi connectivity index (χ0n) is 13.7. The van der Waals surface area contributed by atoms with Gasteiger partial charge in [-0.25, -0.2) is 4.39 Å². The smallest absolute Gasteiger partial charge is 0.224 e. The number of unbranched alkanes of at least 4 members (excludes halogenated alkanes) is 1. The second-order valence-corrected chi connectivity index (χ2v) is 6.09. The molecule has 0 aliphatic carbocycles. The summed E-state index contributed by atoms with van der Waals surface area (Å²) < 4.78 is 13.5. The minimum atomic E-state index is -0.348. The van der Waals surface area contributed by atoms with Gasteiger partial charge in [-0.3, -0.25) is 9.59 Å². The van der Waals surface area contributed by atoms with E-state index >= 15 is 0 Å². The van der Waals surface area contributed by atoms with Crippen LogP contribution >= 0.6 is 0 Å². The van der Waals surface area contributed by atoms with Gasteiger partial charge in [0.05, 0.1) is 6.42 Å². The minimum Gasteiger partial charge on any atom is -0.353 e. The lowest BCUT2D eigenvalue weighted by molar-refractivity contribution is -0.132. The van der Waals surface area contributed by atoms with Crippen LogP contribution in [0.15, 0.2) is 24.3 Å². The van der Waals surface area contributed by atoms with Crippen molar-refractivity contribution in [3.05, 3.63) is 35.6 Å². The van der Waals surface area contributed by atoms with Crippen LogP contribution < -0.4 is 5.32 Å². The van der Waals surface area contributed by atoms with Crippen molar-refractivity contribution in [2.45, 2.75) is 51.5 Å². The Labute approximate surface area is 137 Å². The topological polar surface area (TPSA) is 49.4 Å². The highest BCUT2D eigenvalue weighted by Gasteiger charge is 2.23. The van der Waals surface area contributed by atoms with Crippen LogP contribution in [0.1, 0.15) is 44.6 Å². The van der Waals surface area contributed by atoms with E-state index in [0.29, 0.717) is 25.1 Å². The van der Waals surface area contributed by atoms with E-state index in [2.05, 4.69) is 12.2 Å². The van der Waals surface area contributed by atoms with Crippen LogP contribution in [-0.2, 0) is 16.0 Å². The maximum absolute atomic E-state index is 13.5. The SMILES string of the molecule is CCCCC(=O)N1CCC(NC(=O)Cc2ccccc2F)CC1. The number of nitrogens with one attached hydrogen (secondary N) is 1. The Hall–Kier alpha value is -1.91. The van der Waals surface area contributed by atoms with Crippen molar-refractivity contribution in [1.82, 2.24) is 10.2 Å². The van der Waals surface area contributed by atoms with Crippen LogP contribution in [0.4, 0.5) is 4.39 Å². The molecule has 1 fully saturated rings. The maximum atomic E-state index is 13.5. The second kappa shape index (κ2) is 8.65. The molecule has 0 radical (unpaired) electrons. The van der Waals surface area contributed by atoms with Gasteiger partial charge in [0.15, 0.2) is 0 Å². The van der Waals surface area contributed by atoms with Gasteiger partial charge in [0.1, 0.15) is 5.82 Å². The first kappa shape index (κ1) is 17.4. The molecule has 2 amide bonds. The summed E-state index contributed by atoms with van der Waals surface area (Å²) in [5.74, 6) is -0.298. The van der Waals surface area contributed by atoms with E-state index in [-0.39, 0.29) is 30.1 Å². The molecule has 1 aliphatic heterocycles. The van der Waals surface area contributed by atoms with Gasteiger partial charge in [0, 0.05) is 25.6 Å². The molecule has 0 bridgehead atoms. The van der Waals surface area contributed by atoms with Crippen LogP contribution in [0, 0.1) is 5.82 Å². The van der Waals surface area contributed by atoms with Crippen molar-refractivity contribution < 1.29 is 14.0 Å². The zero-order chi connectivity index (χ0) is 16.7. The highest BCUT2D eigenvalue weighted by atomic mass is 19.1. The lowest BCUT2D eigenvalue weighted by Gasteiger charge is -2.32. The number of piperidine rings is 1. The highest BCUT2D eigenvalue weighted by Crippen LogP contribution is 2.13. The molecule has 2 rings (SSSR count). The molecule has 1 aromatic rings. The van der Waals surface area contributed by atoms with Crippen LogP contribution in [-0.4, -0.2) is 35.8 Å². The van der Waals surface area contributed by atoms with Gasteiger partial charge in [0.2, 0.25) is 11.8 Å². The number of carbonyl (C=O) groups excluding carboxylic acids is 2. The zero-order valence-corrected chi connectivity index (χ0v) is 13.7.